The van der Waals surface area contributed by atoms with Crippen molar-refractivity contribution in [3.05, 3.63) is 17.5 Å². The molecule has 1 aromatic rings. The molecule has 0 aromatic carbocycles. The Morgan fingerprint density at radius 3 is 2.81 bits per heavy atom. The molecule has 0 atom stereocenters. The number of carbonyl (C=O) groups is 1. The molecule has 0 amide bonds. The molecule has 1 heterocycles. The second-order valence-electron chi connectivity index (χ2n) is 3.09. The monoisotopic (exact) mass is 248 g/mol. The van der Waals surface area contributed by atoms with Crippen molar-refractivity contribution in [2.75, 3.05) is 13.7 Å². The van der Waals surface area contributed by atoms with Crippen molar-refractivity contribution in [3.63, 3.8) is 0 Å². The SMILES string of the molecule is COC(=O)CNS(=O)(=O)Cc1cc(C)on1. The highest BCUT2D eigenvalue weighted by molar-refractivity contribution is 7.88. The lowest BCUT2D eigenvalue weighted by molar-refractivity contribution is -0.139. The first-order valence-electron chi connectivity index (χ1n) is 4.39. The van der Waals surface area contributed by atoms with E-state index >= 15 is 0 Å². The zero-order valence-electron chi connectivity index (χ0n) is 8.89. The van der Waals surface area contributed by atoms with Crippen LogP contribution in [0.25, 0.3) is 0 Å². The number of methoxy groups -OCH3 is 1. The molecule has 16 heavy (non-hydrogen) atoms. The van der Waals surface area contributed by atoms with Crippen molar-refractivity contribution in [1.29, 1.82) is 0 Å². The molecule has 1 aromatic heterocycles. The van der Waals surface area contributed by atoms with Crippen molar-refractivity contribution in [2.24, 2.45) is 0 Å². The average Bonchev–Trinajstić information content (AvgIpc) is 2.59. The predicted molar refractivity (Wildman–Crippen MR) is 53.9 cm³/mol. The molecule has 90 valence electrons. The van der Waals surface area contributed by atoms with Crippen LogP contribution in [0, 0.1) is 6.92 Å². The lowest BCUT2D eigenvalue weighted by atomic mass is 10.4. The Labute approximate surface area is 92.8 Å². The standard InChI is InChI=1S/C8H12N2O5S/c1-6-3-7(10-15-6)5-16(12,13)9-4-8(11)14-2/h3,9H,4-5H2,1-2H3. The highest BCUT2D eigenvalue weighted by Gasteiger charge is 2.15. The average molecular weight is 248 g/mol. The maximum atomic E-state index is 11.4. The Morgan fingerprint density at radius 1 is 1.62 bits per heavy atom. The van der Waals surface area contributed by atoms with Gasteiger partial charge in [0.05, 0.1) is 7.11 Å². The molecule has 0 saturated carbocycles. The van der Waals surface area contributed by atoms with Gasteiger partial charge in [0.15, 0.2) is 0 Å². The Kier molecular flexibility index (Phi) is 4.02. The second kappa shape index (κ2) is 5.08. The molecule has 1 rings (SSSR count). The number of hydrogen-bond acceptors (Lipinski definition) is 6. The molecule has 0 spiro atoms. The molecule has 0 radical (unpaired) electrons. The van der Waals surface area contributed by atoms with Gasteiger partial charge in [0.25, 0.3) is 0 Å². The van der Waals surface area contributed by atoms with E-state index in [0.717, 1.165) is 0 Å². The Morgan fingerprint density at radius 2 is 2.31 bits per heavy atom. The quantitative estimate of drug-likeness (QED) is 0.710. The lowest BCUT2D eigenvalue weighted by Gasteiger charge is -2.02. The van der Waals surface area contributed by atoms with E-state index in [2.05, 4.69) is 14.6 Å². The fourth-order valence-electron chi connectivity index (χ4n) is 0.973. The normalized spacial score (nSPS) is 11.4. The third-order valence-electron chi connectivity index (χ3n) is 1.68. The minimum absolute atomic E-state index is 0.287. The molecule has 8 heteroatoms. The van der Waals surface area contributed by atoms with Crippen molar-refractivity contribution in [3.8, 4) is 0 Å². The summed E-state index contributed by atoms with van der Waals surface area (Å²) in [6.45, 7) is 1.26. The van der Waals surface area contributed by atoms with Gasteiger partial charge in [-0.15, -0.1) is 0 Å². The van der Waals surface area contributed by atoms with Gasteiger partial charge >= 0.3 is 5.97 Å². The van der Waals surface area contributed by atoms with Gasteiger partial charge in [-0.05, 0) is 6.92 Å². The van der Waals surface area contributed by atoms with Crippen molar-refractivity contribution < 1.29 is 22.5 Å². The largest absolute Gasteiger partial charge is 0.468 e. The van der Waals surface area contributed by atoms with Crippen molar-refractivity contribution in [2.45, 2.75) is 12.7 Å². The van der Waals surface area contributed by atoms with E-state index < -0.39 is 22.5 Å². The van der Waals surface area contributed by atoms with Gasteiger partial charge in [-0.2, -0.15) is 0 Å². The summed E-state index contributed by atoms with van der Waals surface area (Å²) in [7, 11) is -2.42. The molecular formula is C8H12N2O5S. The maximum Gasteiger partial charge on any atom is 0.320 e. The van der Waals surface area contributed by atoms with Crippen LogP contribution in [0.2, 0.25) is 0 Å². The molecule has 0 aliphatic heterocycles. The summed E-state index contributed by atoms with van der Waals surface area (Å²) < 4.78 is 34.0. The van der Waals surface area contributed by atoms with Gasteiger partial charge in [0.2, 0.25) is 10.0 Å². The van der Waals surface area contributed by atoms with E-state index in [4.69, 9.17) is 4.52 Å². The molecule has 0 fully saturated rings. The van der Waals surface area contributed by atoms with Crippen LogP contribution in [0.1, 0.15) is 11.5 Å². The molecule has 0 aliphatic rings. The molecule has 0 bridgehead atoms. The summed E-state index contributed by atoms with van der Waals surface area (Å²) >= 11 is 0. The fourth-order valence-corrected chi connectivity index (χ4v) is 1.94. The molecule has 0 unspecified atom stereocenters. The van der Waals surface area contributed by atoms with E-state index in [0.29, 0.717) is 5.76 Å². The number of esters is 1. The Balaban J connectivity index is 2.55. The van der Waals surface area contributed by atoms with Crippen LogP contribution in [0.15, 0.2) is 10.6 Å². The zero-order chi connectivity index (χ0) is 12.2. The molecule has 0 saturated heterocycles. The van der Waals surface area contributed by atoms with Crippen molar-refractivity contribution >= 4 is 16.0 Å². The molecule has 1 N–H and O–H groups in total. The first-order chi connectivity index (χ1) is 7.43. The molecule has 7 nitrogen and oxygen atoms in total. The number of ether oxygens (including phenoxy) is 1. The Hall–Kier alpha value is -1.41. The molecular weight excluding hydrogens is 236 g/mol. The summed E-state index contributed by atoms with van der Waals surface area (Å²) in [5.41, 5.74) is 0.287. The number of sulfonamides is 1. The first kappa shape index (κ1) is 12.7. The van der Waals surface area contributed by atoms with Crippen LogP contribution in [-0.4, -0.2) is 33.2 Å². The highest BCUT2D eigenvalue weighted by Crippen LogP contribution is 2.05. The van der Waals surface area contributed by atoms with Gasteiger partial charge in [-0.1, -0.05) is 5.16 Å². The van der Waals surface area contributed by atoms with E-state index in [9.17, 15) is 13.2 Å². The number of nitrogens with zero attached hydrogens (tertiary/aromatic N) is 1. The predicted octanol–water partition coefficient (Wildman–Crippen LogP) is -0.425. The van der Waals surface area contributed by atoms with E-state index in [1.54, 1.807) is 6.92 Å². The third kappa shape index (κ3) is 3.99. The van der Waals surface area contributed by atoms with Crippen LogP contribution < -0.4 is 4.72 Å². The number of hydrogen-bond donors (Lipinski definition) is 1. The van der Waals surface area contributed by atoms with Crippen LogP contribution >= 0.6 is 0 Å². The molecule has 0 aliphatic carbocycles. The summed E-state index contributed by atoms with van der Waals surface area (Å²) in [6, 6.07) is 1.51. The van der Waals surface area contributed by atoms with E-state index in [1.165, 1.54) is 13.2 Å². The minimum Gasteiger partial charge on any atom is -0.468 e. The number of rotatable bonds is 5. The van der Waals surface area contributed by atoms with Crippen LogP contribution in [0.3, 0.4) is 0 Å². The van der Waals surface area contributed by atoms with E-state index in [1.807, 2.05) is 0 Å². The summed E-state index contributed by atoms with van der Waals surface area (Å²) in [6.07, 6.45) is 0. The number of aryl methyl sites for hydroxylation is 1. The zero-order valence-corrected chi connectivity index (χ0v) is 9.70. The van der Waals surface area contributed by atoms with Crippen molar-refractivity contribution in [1.82, 2.24) is 9.88 Å². The highest BCUT2D eigenvalue weighted by atomic mass is 32.2. The van der Waals surface area contributed by atoms with Crippen LogP contribution in [-0.2, 0) is 25.3 Å². The summed E-state index contributed by atoms with van der Waals surface area (Å²) in [5, 5.41) is 3.54. The number of aromatic nitrogens is 1. The second-order valence-corrected chi connectivity index (χ2v) is 4.89. The van der Waals surface area contributed by atoms with Crippen LogP contribution in [0.4, 0.5) is 0 Å². The number of nitrogens with one attached hydrogen (secondary N) is 1. The topological polar surface area (TPSA) is 98.5 Å². The Bertz CT molecular complexity index is 465. The fraction of sp³-hybridized carbons (Fsp3) is 0.500. The van der Waals surface area contributed by atoms with Crippen LogP contribution in [0.5, 0.6) is 0 Å². The minimum atomic E-state index is -3.60. The van der Waals surface area contributed by atoms with Gasteiger partial charge in [0, 0.05) is 6.07 Å². The van der Waals surface area contributed by atoms with E-state index in [-0.39, 0.29) is 11.4 Å². The number of carbonyl (C=O) groups excluding carboxylic acids is 1. The third-order valence-corrected chi connectivity index (χ3v) is 2.94. The summed E-state index contributed by atoms with van der Waals surface area (Å²) in [5.74, 6) is -0.459. The maximum absolute atomic E-state index is 11.4. The summed E-state index contributed by atoms with van der Waals surface area (Å²) in [4.78, 5) is 10.7. The van der Waals surface area contributed by atoms with Gasteiger partial charge < -0.3 is 9.26 Å². The van der Waals surface area contributed by atoms with Gasteiger partial charge in [-0.3, -0.25) is 4.79 Å². The van der Waals surface area contributed by atoms with Gasteiger partial charge in [0.1, 0.15) is 23.8 Å². The smallest absolute Gasteiger partial charge is 0.320 e. The first-order valence-corrected chi connectivity index (χ1v) is 6.04. The van der Waals surface area contributed by atoms with Gasteiger partial charge in [-0.25, -0.2) is 13.1 Å². The lowest BCUT2D eigenvalue weighted by Crippen LogP contribution is -2.31.